The van der Waals surface area contributed by atoms with Gasteiger partial charge < -0.3 is 19.7 Å². The number of aliphatic hydroxyl groups excluding tert-OH is 1. The number of carbonyl (C=O) groups is 2. The lowest BCUT2D eigenvalue weighted by atomic mass is 10.3. The molecule has 1 heterocycles. The highest BCUT2D eigenvalue weighted by atomic mass is 16.6. The van der Waals surface area contributed by atoms with Crippen LogP contribution < -0.4 is 5.32 Å². The summed E-state index contributed by atoms with van der Waals surface area (Å²) in [5, 5.41) is 22.0. The number of aromatic nitrogens is 1. The molecule has 9 nitrogen and oxygen atoms in total. The maximum Gasteiger partial charge on any atom is 0.330 e. The molecule has 0 bridgehead atoms. The van der Waals surface area contributed by atoms with Crippen LogP contribution >= 0.6 is 0 Å². The number of ether oxygens (including phenoxy) is 1. The monoisotopic (exact) mass is 285 g/mol. The molecule has 1 unspecified atom stereocenters. The van der Waals surface area contributed by atoms with E-state index in [4.69, 9.17) is 5.11 Å². The van der Waals surface area contributed by atoms with Crippen LogP contribution in [0.15, 0.2) is 12.3 Å². The Kier molecular flexibility index (Phi) is 5.21. The number of amides is 1. The van der Waals surface area contributed by atoms with Crippen molar-refractivity contribution in [3.8, 4) is 0 Å². The number of methoxy groups -OCH3 is 1. The van der Waals surface area contributed by atoms with Gasteiger partial charge in [0.25, 0.3) is 11.6 Å². The van der Waals surface area contributed by atoms with E-state index in [-0.39, 0.29) is 11.4 Å². The molecule has 0 fully saturated rings. The highest BCUT2D eigenvalue weighted by Gasteiger charge is 2.24. The smallest absolute Gasteiger partial charge is 0.330 e. The topological polar surface area (TPSA) is 124 Å². The molecule has 0 aliphatic heterocycles. The van der Waals surface area contributed by atoms with Crippen molar-refractivity contribution in [3.63, 3.8) is 0 Å². The summed E-state index contributed by atoms with van der Waals surface area (Å²) in [6, 6.07) is -0.114. The zero-order valence-electron chi connectivity index (χ0n) is 11.0. The summed E-state index contributed by atoms with van der Waals surface area (Å²) in [5.74, 6) is -1.51. The number of nitro groups is 1. The summed E-state index contributed by atoms with van der Waals surface area (Å²) in [7, 11) is 1.12. The van der Waals surface area contributed by atoms with Crippen LogP contribution in [0.2, 0.25) is 0 Å². The molecular formula is C11H15N3O6. The van der Waals surface area contributed by atoms with Gasteiger partial charge in [-0.3, -0.25) is 14.9 Å². The fourth-order valence-electron chi connectivity index (χ4n) is 1.60. The van der Waals surface area contributed by atoms with Crippen LogP contribution in [0.4, 0.5) is 5.69 Å². The minimum Gasteiger partial charge on any atom is -0.467 e. The Bertz CT molecular complexity index is 524. The minimum atomic E-state index is -1.22. The molecule has 2 N–H and O–H groups in total. The molecule has 0 saturated heterocycles. The second kappa shape index (κ2) is 6.66. The summed E-state index contributed by atoms with van der Waals surface area (Å²) >= 11 is 0. The van der Waals surface area contributed by atoms with Crippen LogP contribution in [0.5, 0.6) is 0 Å². The predicted molar refractivity (Wildman–Crippen MR) is 67.1 cm³/mol. The summed E-state index contributed by atoms with van der Waals surface area (Å²) < 4.78 is 5.79. The third kappa shape index (κ3) is 3.32. The maximum absolute atomic E-state index is 12.0. The lowest BCUT2D eigenvalue weighted by Gasteiger charge is -2.14. The van der Waals surface area contributed by atoms with Gasteiger partial charge in [0, 0.05) is 12.6 Å². The van der Waals surface area contributed by atoms with Gasteiger partial charge in [0.05, 0.1) is 24.8 Å². The van der Waals surface area contributed by atoms with Gasteiger partial charge in [-0.1, -0.05) is 0 Å². The first kappa shape index (κ1) is 15.6. The van der Waals surface area contributed by atoms with Gasteiger partial charge in [-0.15, -0.1) is 0 Å². The van der Waals surface area contributed by atoms with Crippen LogP contribution in [-0.4, -0.2) is 46.2 Å². The fourth-order valence-corrected chi connectivity index (χ4v) is 1.60. The molecule has 1 atom stereocenters. The zero-order chi connectivity index (χ0) is 15.3. The molecular weight excluding hydrogens is 270 g/mol. The molecule has 110 valence electrons. The molecule has 0 aliphatic rings. The van der Waals surface area contributed by atoms with E-state index in [9.17, 15) is 19.7 Å². The number of hydrogen-bond donors (Lipinski definition) is 2. The Balaban J connectivity index is 2.96. The standard InChI is InChI=1S/C11H15N3O6/c1-3-13-5-7(14(18)19)4-9(13)10(16)12-8(6-15)11(17)20-2/h4-5,8,15H,3,6H2,1-2H3,(H,12,16). The lowest BCUT2D eigenvalue weighted by Crippen LogP contribution is -2.44. The number of carbonyl (C=O) groups excluding carboxylic acids is 2. The first-order valence-corrected chi connectivity index (χ1v) is 5.78. The predicted octanol–water partition coefficient (Wildman–Crippen LogP) is -0.320. The SMILES string of the molecule is CCn1cc([N+](=O)[O-])cc1C(=O)NC(CO)C(=O)OC. The molecule has 0 radical (unpaired) electrons. The zero-order valence-corrected chi connectivity index (χ0v) is 11.0. The van der Waals surface area contributed by atoms with E-state index >= 15 is 0 Å². The number of aliphatic hydroxyl groups is 1. The molecule has 20 heavy (non-hydrogen) atoms. The van der Waals surface area contributed by atoms with Gasteiger partial charge in [-0.05, 0) is 6.92 Å². The summed E-state index contributed by atoms with van der Waals surface area (Å²) in [6.45, 7) is 1.43. The normalized spacial score (nSPS) is 11.8. The maximum atomic E-state index is 12.0. The van der Waals surface area contributed by atoms with E-state index in [1.165, 1.54) is 10.8 Å². The van der Waals surface area contributed by atoms with E-state index in [2.05, 4.69) is 10.1 Å². The Morgan fingerprint density at radius 1 is 1.60 bits per heavy atom. The van der Waals surface area contributed by atoms with Crippen LogP contribution in [0.1, 0.15) is 17.4 Å². The molecule has 9 heteroatoms. The van der Waals surface area contributed by atoms with Crippen molar-refractivity contribution in [1.29, 1.82) is 0 Å². The number of aryl methyl sites for hydroxylation is 1. The van der Waals surface area contributed by atoms with Crippen molar-refractivity contribution in [1.82, 2.24) is 9.88 Å². The van der Waals surface area contributed by atoms with E-state index in [1.54, 1.807) is 6.92 Å². The summed E-state index contributed by atoms with van der Waals surface area (Å²) in [4.78, 5) is 33.3. The van der Waals surface area contributed by atoms with Crippen LogP contribution in [0, 0.1) is 10.1 Å². The van der Waals surface area contributed by atoms with Gasteiger partial charge in [0.2, 0.25) is 0 Å². The van der Waals surface area contributed by atoms with Gasteiger partial charge >= 0.3 is 5.97 Å². The third-order valence-corrected chi connectivity index (χ3v) is 2.64. The Labute approximate surface area is 114 Å². The largest absolute Gasteiger partial charge is 0.467 e. The Morgan fingerprint density at radius 2 is 2.25 bits per heavy atom. The second-order valence-corrected chi connectivity index (χ2v) is 3.86. The van der Waals surface area contributed by atoms with Crippen LogP contribution in [0.3, 0.4) is 0 Å². The Hall–Kier alpha value is -2.42. The second-order valence-electron chi connectivity index (χ2n) is 3.86. The van der Waals surface area contributed by atoms with E-state index < -0.39 is 29.4 Å². The van der Waals surface area contributed by atoms with Gasteiger partial charge in [-0.25, -0.2) is 4.79 Å². The summed E-state index contributed by atoms with van der Waals surface area (Å²) in [5.41, 5.74) is -0.197. The molecule has 1 aromatic rings. The van der Waals surface area contributed by atoms with Gasteiger partial charge in [-0.2, -0.15) is 0 Å². The molecule has 1 amide bonds. The van der Waals surface area contributed by atoms with E-state index in [0.717, 1.165) is 13.2 Å². The highest BCUT2D eigenvalue weighted by Crippen LogP contribution is 2.16. The fraction of sp³-hybridized carbons (Fsp3) is 0.455. The van der Waals surface area contributed by atoms with E-state index in [0.29, 0.717) is 6.54 Å². The number of hydrogen-bond acceptors (Lipinski definition) is 6. The number of esters is 1. The minimum absolute atomic E-state index is 0.0292. The molecule has 0 aliphatic carbocycles. The van der Waals surface area contributed by atoms with Crippen molar-refractivity contribution >= 4 is 17.6 Å². The average molecular weight is 285 g/mol. The van der Waals surface area contributed by atoms with Crippen LogP contribution in [-0.2, 0) is 16.1 Å². The molecule has 1 rings (SSSR count). The molecule has 0 spiro atoms. The van der Waals surface area contributed by atoms with Gasteiger partial charge in [0.15, 0.2) is 6.04 Å². The van der Waals surface area contributed by atoms with Crippen molar-refractivity contribution in [2.75, 3.05) is 13.7 Å². The van der Waals surface area contributed by atoms with Crippen molar-refractivity contribution in [2.45, 2.75) is 19.5 Å². The third-order valence-electron chi connectivity index (χ3n) is 2.64. The van der Waals surface area contributed by atoms with Crippen LogP contribution in [0.25, 0.3) is 0 Å². The number of rotatable bonds is 6. The van der Waals surface area contributed by atoms with Gasteiger partial charge in [0.1, 0.15) is 5.69 Å². The summed E-state index contributed by atoms with van der Waals surface area (Å²) in [6.07, 6.45) is 1.22. The lowest BCUT2D eigenvalue weighted by molar-refractivity contribution is -0.384. The molecule has 0 aromatic carbocycles. The van der Waals surface area contributed by atoms with Crippen molar-refractivity contribution in [2.24, 2.45) is 0 Å². The molecule has 0 saturated carbocycles. The van der Waals surface area contributed by atoms with Crippen molar-refractivity contribution in [3.05, 3.63) is 28.1 Å². The molecule has 1 aromatic heterocycles. The quantitative estimate of drug-likeness (QED) is 0.419. The van der Waals surface area contributed by atoms with Crippen molar-refractivity contribution < 1.29 is 24.4 Å². The van der Waals surface area contributed by atoms with E-state index in [1.807, 2.05) is 0 Å². The Morgan fingerprint density at radius 3 is 2.70 bits per heavy atom. The first-order valence-electron chi connectivity index (χ1n) is 5.78. The average Bonchev–Trinajstić information content (AvgIpc) is 2.88. The number of nitrogens with one attached hydrogen (secondary N) is 1. The highest BCUT2D eigenvalue weighted by molar-refractivity contribution is 5.96. The number of nitrogens with zero attached hydrogens (tertiary/aromatic N) is 2. The first-order chi connectivity index (χ1) is 9.44.